The lowest BCUT2D eigenvalue weighted by atomic mass is 10.0. The van der Waals surface area contributed by atoms with Crippen LogP contribution in [0.4, 0.5) is 23.4 Å². The molecule has 0 bridgehead atoms. The van der Waals surface area contributed by atoms with Crippen molar-refractivity contribution in [2.24, 2.45) is 0 Å². The lowest BCUT2D eigenvalue weighted by Crippen LogP contribution is -2.31. The Morgan fingerprint density at radius 3 is 2.41 bits per heavy atom. The number of phenolic OH excluding ortho intramolecular Hbond substituents is 1. The Bertz CT molecular complexity index is 1530. The lowest BCUT2D eigenvalue weighted by Gasteiger charge is -2.21. The van der Waals surface area contributed by atoms with Crippen LogP contribution in [-0.2, 0) is 24.1 Å². The molecule has 1 N–H and O–H groups in total. The van der Waals surface area contributed by atoms with Crippen LogP contribution in [0.3, 0.4) is 0 Å². The van der Waals surface area contributed by atoms with E-state index < -0.39 is 46.7 Å². The summed E-state index contributed by atoms with van der Waals surface area (Å²) in [6, 6.07) is 14.4. The number of anilines is 1. The zero-order valence-electron chi connectivity index (χ0n) is 19.9. The van der Waals surface area contributed by atoms with E-state index >= 15 is 0 Å². The molecule has 5 nitrogen and oxygen atoms in total. The van der Waals surface area contributed by atoms with Crippen molar-refractivity contribution < 1.29 is 27.5 Å². The van der Waals surface area contributed by atoms with Gasteiger partial charge < -0.3 is 5.11 Å². The van der Waals surface area contributed by atoms with Gasteiger partial charge in [-0.25, -0.2) is 27.5 Å². The standard InChI is InChI=1S/C28H21F4N3O2/c1-14-19(24(30)26(32)25(31)23(14)29)13-22(37)35(2)28-21(10-15-6-4-3-5-7-15)33-27-18-9-8-17(36)11-16(18)12-20(27)34-28/h3-9,11,36H,10,12-13H2,1-2H3. The number of amides is 1. The van der Waals surface area contributed by atoms with Crippen molar-refractivity contribution >= 4 is 11.7 Å². The Kier molecular flexibility index (Phi) is 6.15. The Morgan fingerprint density at radius 2 is 1.68 bits per heavy atom. The van der Waals surface area contributed by atoms with Crippen molar-refractivity contribution in [3.05, 3.63) is 105 Å². The number of halogens is 4. The van der Waals surface area contributed by atoms with Gasteiger partial charge in [0, 0.05) is 31.0 Å². The third-order valence-corrected chi connectivity index (χ3v) is 6.58. The molecular formula is C28H21F4N3O2. The maximum absolute atomic E-state index is 14.5. The fourth-order valence-electron chi connectivity index (χ4n) is 4.53. The van der Waals surface area contributed by atoms with Crippen LogP contribution >= 0.6 is 0 Å². The van der Waals surface area contributed by atoms with Crippen LogP contribution in [0.5, 0.6) is 5.75 Å². The zero-order chi connectivity index (χ0) is 26.4. The summed E-state index contributed by atoms with van der Waals surface area (Å²) in [5.41, 5.74) is 3.23. The quantitative estimate of drug-likeness (QED) is 0.196. The van der Waals surface area contributed by atoms with Crippen LogP contribution in [0.25, 0.3) is 11.3 Å². The minimum atomic E-state index is -1.96. The maximum Gasteiger partial charge on any atom is 0.232 e. The van der Waals surface area contributed by atoms with Gasteiger partial charge in [0.2, 0.25) is 5.91 Å². The number of nitrogens with zero attached hydrogens (tertiary/aromatic N) is 3. The number of rotatable bonds is 5. The first-order valence-electron chi connectivity index (χ1n) is 11.5. The molecule has 1 heterocycles. The van der Waals surface area contributed by atoms with Crippen LogP contribution in [-0.4, -0.2) is 28.0 Å². The number of likely N-dealkylation sites (N-methyl/N-ethyl adjacent to an activating group) is 1. The summed E-state index contributed by atoms with van der Waals surface area (Å²) < 4.78 is 56.0. The van der Waals surface area contributed by atoms with E-state index in [1.807, 2.05) is 30.3 Å². The van der Waals surface area contributed by atoms with Gasteiger partial charge in [-0.3, -0.25) is 9.69 Å². The topological polar surface area (TPSA) is 66.3 Å². The number of hydrogen-bond acceptors (Lipinski definition) is 4. The minimum Gasteiger partial charge on any atom is -0.508 e. The van der Waals surface area contributed by atoms with Gasteiger partial charge in [-0.05, 0) is 41.8 Å². The third-order valence-electron chi connectivity index (χ3n) is 6.58. The molecule has 0 saturated heterocycles. The highest BCUT2D eigenvalue weighted by Gasteiger charge is 2.29. The van der Waals surface area contributed by atoms with Crippen molar-refractivity contribution in [1.29, 1.82) is 0 Å². The molecule has 0 aliphatic heterocycles. The fraction of sp³-hybridized carbons (Fsp3) is 0.179. The van der Waals surface area contributed by atoms with Crippen molar-refractivity contribution in [2.75, 3.05) is 11.9 Å². The van der Waals surface area contributed by atoms with E-state index in [4.69, 9.17) is 9.97 Å². The molecule has 0 saturated carbocycles. The van der Waals surface area contributed by atoms with Crippen LogP contribution in [0, 0.1) is 30.2 Å². The van der Waals surface area contributed by atoms with Crippen LogP contribution < -0.4 is 4.90 Å². The molecule has 0 unspecified atom stereocenters. The van der Waals surface area contributed by atoms with Crippen LogP contribution in [0.2, 0.25) is 0 Å². The number of aromatic hydroxyl groups is 1. The number of carbonyl (C=O) groups excluding carboxylic acids is 1. The van der Waals surface area contributed by atoms with E-state index in [0.717, 1.165) is 23.6 Å². The van der Waals surface area contributed by atoms with Crippen LogP contribution in [0.15, 0.2) is 48.5 Å². The fourth-order valence-corrected chi connectivity index (χ4v) is 4.53. The summed E-state index contributed by atoms with van der Waals surface area (Å²) in [5, 5.41) is 9.88. The Morgan fingerprint density at radius 1 is 0.973 bits per heavy atom. The normalized spacial score (nSPS) is 11.8. The monoisotopic (exact) mass is 507 g/mol. The maximum atomic E-state index is 14.5. The molecule has 4 aromatic rings. The summed E-state index contributed by atoms with van der Waals surface area (Å²) in [6.45, 7) is 1.09. The SMILES string of the molecule is Cc1c(F)c(F)c(F)c(F)c1CC(=O)N(C)c1nc2c(nc1Cc1ccccc1)-c1ccc(O)cc1C2. The highest BCUT2D eigenvalue weighted by Crippen LogP contribution is 2.38. The average Bonchev–Trinajstić information content (AvgIpc) is 3.24. The van der Waals surface area contributed by atoms with E-state index in [1.54, 1.807) is 18.2 Å². The average molecular weight is 507 g/mol. The molecule has 3 aromatic carbocycles. The van der Waals surface area contributed by atoms with Gasteiger partial charge >= 0.3 is 0 Å². The zero-order valence-corrected chi connectivity index (χ0v) is 19.9. The van der Waals surface area contributed by atoms with Gasteiger partial charge in [-0.2, -0.15) is 0 Å². The Labute approximate surface area is 210 Å². The second-order valence-electron chi connectivity index (χ2n) is 8.96. The molecule has 0 radical (unpaired) electrons. The molecule has 1 aromatic heterocycles. The van der Waals surface area contributed by atoms with Crippen molar-refractivity contribution in [3.63, 3.8) is 0 Å². The number of aromatic nitrogens is 2. The third kappa shape index (κ3) is 4.30. The van der Waals surface area contributed by atoms with Crippen molar-refractivity contribution in [3.8, 4) is 17.0 Å². The van der Waals surface area contributed by atoms with E-state index in [0.29, 0.717) is 29.9 Å². The molecule has 1 aliphatic rings. The lowest BCUT2D eigenvalue weighted by molar-refractivity contribution is -0.117. The largest absolute Gasteiger partial charge is 0.508 e. The van der Waals surface area contributed by atoms with Crippen molar-refractivity contribution in [2.45, 2.75) is 26.2 Å². The highest BCUT2D eigenvalue weighted by atomic mass is 19.2. The van der Waals surface area contributed by atoms with E-state index in [1.165, 1.54) is 11.9 Å². The summed E-state index contributed by atoms with van der Waals surface area (Å²) in [5.74, 6) is -7.39. The molecule has 9 heteroatoms. The van der Waals surface area contributed by atoms with E-state index in [2.05, 4.69) is 0 Å². The van der Waals surface area contributed by atoms with E-state index in [9.17, 15) is 27.5 Å². The van der Waals surface area contributed by atoms with Gasteiger partial charge in [0.15, 0.2) is 29.1 Å². The van der Waals surface area contributed by atoms with Gasteiger partial charge in [-0.1, -0.05) is 30.3 Å². The van der Waals surface area contributed by atoms with Gasteiger partial charge in [0.05, 0.1) is 23.5 Å². The first-order valence-corrected chi connectivity index (χ1v) is 11.5. The predicted octanol–water partition coefficient (Wildman–Crippen LogP) is 5.41. The second kappa shape index (κ2) is 9.31. The van der Waals surface area contributed by atoms with Gasteiger partial charge in [-0.15, -0.1) is 0 Å². The summed E-state index contributed by atoms with van der Waals surface area (Å²) >= 11 is 0. The number of fused-ring (bicyclic) bond motifs is 3. The van der Waals surface area contributed by atoms with E-state index in [-0.39, 0.29) is 11.6 Å². The molecule has 37 heavy (non-hydrogen) atoms. The number of carbonyl (C=O) groups is 1. The van der Waals surface area contributed by atoms with Crippen molar-refractivity contribution in [1.82, 2.24) is 9.97 Å². The predicted molar refractivity (Wildman–Crippen MR) is 129 cm³/mol. The number of hydrogen-bond donors (Lipinski definition) is 1. The molecule has 5 rings (SSSR count). The minimum absolute atomic E-state index is 0.111. The van der Waals surface area contributed by atoms with Gasteiger partial charge in [0.25, 0.3) is 0 Å². The smallest absolute Gasteiger partial charge is 0.232 e. The number of benzene rings is 3. The first-order chi connectivity index (χ1) is 17.7. The second-order valence-corrected chi connectivity index (χ2v) is 8.96. The molecular weight excluding hydrogens is 486 g/mol. The summed E-state index contributed by atoms with van der Waals surface area (Å²) in [4.78, 5) is 23.9. The molecule has 1 amide bonds. The number of phenols is 1. The summed E-state index contributed by atoms with van der Waals surface area (Å²) in [7, 11) is 1.42. The molecule has 188 valence electrons. The molecule has 0 fully saturated rings. The van der Waals surface area contributed by atoms with Gasteiger partial charge in [0.1, 0.15) is 5.75 Å². The van der Waals surface area contributed by atoms with Crippen LogP contribution in [0.1, 0.15) is 33.6 Å². The molecule has 1 aliphatic carbocycles. The molecule has 0 spiro atoms. The molecule has 0 atom stereocenters. The Balaban J connectivity index is 1.55. The Hall–Kier alpha value is -4.27. The first kappa shape index (κ1) is 24.4. The highest BCUT2D eigenvalue weighted by molar-refractivity contribution is 5.94. The summed E-state index contributed by atoms with van der Waals surface area (Å²) in [6.07, 6.45) is 0.00342.